The summed E-state index contributed by atoms with van der Waals surface area (Å²) in [6, 6.07) is 8.72. The summed E-state index contributed by atoms with van der Waals surface area (Å²) in [5, 5.41) is 9.93. The lowest BCUT2D eigenvalue weighted by Crippen LogP contribution is -2.37. The average molecular weight is 356 g/mol. The Balaban J connectivity index is 1.42. The molecule has 0 unspecified atom stereocenters. The highest BCUT2D eigenvalue weighted by molar-refractivity contribution is 7.09. The Kier molecular flexibility index (Phi) is 6.06. The molecule has 1 aliphatic rings. The van der Waals surface area contributed by atoms with E-state index in [1.54, 1.807) is 18.4 Å². The molecular formula is C19H25N5S. The van der Waals surface area contributed by atoms with Crippen molar-refractivity contribution < 1.29 is 0 Å². The van der Waals surface area contributed by atoms with Gasteiger partial charge in [-0.1, -0.05) is 24.3 Å². The molecule has 0 radical (unpaired) electrons. The smallest absolute Gasteiger partial charge is 0.191 e. The van der Waals surface area contributed by atoms with Crippen LogP contribution in [0.3, 0.4) is 0 Å². The quantitative estimate of drug-likeness (QED) is 0.475. The van der Waals surface area contributed by atoms with Gasteiger partial charge >= 0.3 is 0 Å². The number of aliphatic imine (C=N–C) groups is 1. The Hall–Kier alpha value is -2.34. The summed E-state index contributed by atoms with van der Waals surface area (Å²) in [6.45, 7) is 5.63. The van der Waals surface area contributed by atoms with Gasteiger partial charge in [0.05, 0.1) is 10.7 Å². The third-order valence-corrected chi connectivity index (χ3v) is 4.97. The van der Waals surface area contributed by atoms with Crippen molar-refractivity contribution in [3.8, 4) is 0 Å². The molecule has 0 atom stereocenters. The molecule has 0 aliphatic carbocycles. The normalized spacial score (nSPS) is 14.2. The number of hydrogen-bond donors (Lipinski definition) is 2. The molecule has 2 N–H and O–H groups in total. The average Bonchev–Trinajstić information content (AvgIpc) is 3.30. The zero-order chi connectivity index (χ0) is 17.5. The summed E-state index contributed by atoms with van der Waals surface area (Å²) >= 11 is 1.69. The Morgan fingerprint density at radius 3 is 2.60 bits per heavy atom. The molecule has 1 aromatic carbocycles. The number of nitrogens with zero attached hydrogens (tertiary/aromatic N) is 3. The van der Waals surface area contributed by atoms with Crippen LogP contribution in [0.25, 0.3) is 0 Å². The Labute approximate surface area is 153 Å². The number of benzene rings is 1. The Bertz CT molecular complexity index is 725. The molecule has 132 valence electrons. The van der Waals surface area contributed by atoms with Gasteiger partial charge in [0.2, 0.25) is 0 Å². The maximum atomic E-state index is 4.48. The van der Waals surface area contributed by atoms with E-state index in [0.29, 0.717) is 0 Å². The van der Waals surface area contributed by atoms with Crippen molar-refractivity contribution in [2.24, 2.45) is 4.99 Å². The standard InChI is InChI=1S/C19H25N5S/c1-15-23-17(14-25-15)9-10-21-19(20-2)22-13-16-5-7-18(8-6-16)24-11-3-4-12-24/h3-8,14H,9-13H2,1-2H3,(H2,20,21,22). The van der Waals surface area contributed by atoms with Gasteiger partial charge in [-0.25, -0.2) is 4.98 Å². The number of guanidine groups is 1. The number of rotatable bonds is 6. The number of hydrogen-bond acceptors (Lipinski definition) is 4. The van der Waals surface area contributed by atoms with E-state index in [2.05, 4.69) is 67.3 Å². The first-order valence-corrected chi connectivity index (χ1v) is 9.47. The molecule has 2 aromatic rings. The second-order valence-corrected chi connectivity index (χ2v) is 7.07. The maximum absolute atomic E-state index is 4.48. The minimum atomic E-state index is 0.758. The molecule has 3 rings (SSSR count). The van der Waals surface area contributed by atoms with Gasteiger partial charge in [0, 0.05) is 50.7 Å². The molecule has 2 heterocycles. The largest absolute Gasteiger partial charge is 0.364 e. The monoisotopic (exact) mass is 355 g/mol. The Morgan fingerprint density at radius 1 is 1.20 bits per heavy atom. The molecular weight excluding hydrogens is 330 g/mol. The van der Waals surface area contributed by atoms with Crippen molar-refractivity contribution in [2.75, 3.05) is 31.6 Å². The van der Waals surface area contributed by atoms with Crippen LogP contribution in [-0.4, -0.2) is 37.6 Å². The van der Waals surface area contributed by atoms with Crippen LogP contribution in [0.2, 0.25) is 0 Å². The van der Waals surface area contributed by atoms with Crippen molar-refractivity contribution in [3.63, 3.8) is 0 Å². The van der Waals surface area contributed by atoms with E-state index < -0.39 is 0 Å². The van der Waals surface area contributed by atoms with Gasteiger partial charge in [0.1, 0.15) is 0 Å². The summed E-state index contributed by atoms with van der Waals surface area (Å²) in [4.78, 5) is 11.1. The minimum absolute atomic E-state index is 0.758. The van der Waals surface area contributed by atoms with Crippen molar-refractivity contribution in [1.29, 1.82) is 0 Å². The van der Waals surface area contributed by atoms with Gasteiger partial charge in [0.25, 0.3) is 0 Å². The summed E-state index contributed by atoms with van der Waals surface area (Å²) in [5.74, 6) is 0.819. The van der Waals surface area contributed by atoms with Crippen LogP contribution in [0.4, 0.5) is 5.69 Å². The van der Waals surface area contributed by atoms with E-state index in [1.165, 1.54) is 11.3 Å². The second-order valence-electron chi connectivity index (χ2n) is 6.00. The van der Waals surface area contributed by atoms with Crippen molar-refractivity contribution in [3.05, 3.63) is 58.1 Å². The van der Waals surface area contributed by atoms with Crippen molar-refractivity contribution in [2.45, 2.75) is 19.9 Å². The van der Waals surface area contributed by atoms with Crippen LogP contribution in [0.1, 0.15) is 16.3 Å². The van der Waals surface area contributed by atoms with Crippen LogP contribution in [-0.2, 0) is 13.0 Å². The molecule has 0 fully saturated rings. The molecule has 0 saturated heterocycles. The number of thiazole rings is 1. The number of aryl methyl sites for hydroxylation is 1. The zero-order valence-corrected chi connectivity index (χ0v) is 15.6. The van der Waals surface area contributed by atoms with Gasteiger partial charge in [-0.15, -0.1) is 11.3 Å². The maximum Gasteiger partial charge on any atom is 0.191 e. The summed E-state index contributed by atoms with van der Waals surface area (Å²) in [6.07, 6.45) is 5.32. The first kappa shape index (κ1) is 17.5. The third kappa shape index (κ3) is 5.06. The molecule has 1 aliphatic heterocycles. The zero-order valence-electron chi connectivity index (χ0n) is 14.8. The highest BCUT2D eigenvalue weighted by atomic mass is 32.1. The second kappa shape index (κ2) is 8.67. The van der Waals surface area contributed by atoms with Crippen molar-refractivity contribution >= 4 is 23.0 Å². The van der Waals surface area contributed by atoms with Crippen LogP contribution < -0.4 is 15.5 Å². The third-order valence-electron chi connectivity index (χ3n) is 4.14. The minimum Gasteiger partial charge on any atom is -0.364 e. The van der Waals surface area contributed by atoms with Gasteiger partial charge in [0.15, 0.2) is 5.96 Å². The molecule has 0 bridgehead atoms. The highest BCUT2D eigenvalue weighted by Gasteiger charge is 2.07. The van der Waals surface area contributed by atoms with Crippen LogP contribution in [0, 0.1) is 6.92 Å². The van der Waals surface area contributed by atoms with Crippen LogP contribution >= 0.6 is 11.3 Å². The summed E-state index contributed by atoms with van der Waals surface area (Å²) in [7, 11) is 1.80. The number of aromatic nitrogens is 1. The molecule has 0 amide bonds. The van der Waals surface area contributed by atoms with E-state index in [9.17, 15) is 0 Å². The molecule has 1 aromatic heterocycles. The highest BCUT2D eigenvalue weighted by Crippen LogP contribution is 2.17. The molecule has 5 nitrogen and oxygen atoms in total. The van der Waals surface area contributed by atoms with E-state index >= 15 is 0 Å². The Morgan fingerprint density at radius 2 is 1.96 bits per heavy atom. The molecule has 6 heteroatoms. The van der Waals surface area contributed by atoms with E-state index in [-0.39, 0.29) is 0 Å². The lowest BCUT2D eigenvalue weighted by Gasteiger charge is -2.18. The lowest BCUT2D eigenvalue weighted by atomic mass is 10.2. The van der Waals surface area contributed by atoms with Gasteiger partial charge < -0.3 is 15.5 Å². The lowest BCUT2D eigenvalue weighted by molar-refractivity contribution is 0.786. The fourth-order valence-electron chi connectivity index (χ4n) is 2.75. The van der Waals surface area contributed by atoms with E-state index in [1.807, 2.05) is 6.92 Å². The fourth-order valence-corrected chi connectivity index (χ4v) is 3.40. The number of anilines is 1. The predicted octanol–water partition coefficient (Wildman–Crippen LogP) is 2.74. The van der Waals surface area contributed by atoms with Crippen molar-refractivity contribution in [1.82, 2.24) is 15.6 Å². The summed E-state index contributed by atoms with van der Waals surface area (Å²) in [5.41, 5.74) is 3.65. The van der Waals surface area contributed by atoms with Gasteiger partial charge in [-0.3, -0.25) is 4.99 Å². The predicted molar refractivity (Wildman–Crippen MR) is 107 cm³/mol. The van der Waals surface area contributed by atoms with Crippen LogP contribution in [0.5, 0.6) is 0 Å². The summed E-state index contributed by atoms with van der Waals surface area (Å²) < 4.78 is 0. The molecule has 25 heavy (non-hydrogen) atoms. The van der Waals surface area contributed by atoms with Gasteiger partial charge in [-0.2, -0.15) is 0 Å². The molecule has 0 saturated carbocycles. The fraction of sp³-hybridized carbons (Fsp3) is 0.368. The van der Waals surface area contributed by atoms with E-state index in [4.69, 9.17) is 0 Å². The molecule has 0 spiro atoms. The topological polar surface area (TPSA) is 52.6 Å². The van der Waals surface area contributed by atoms with Gasteiger partial charge in [-0.05, 0) is 24.6 Å². The number of nitrogens with one attached hydrogen (secondary N) is 2. The first-order chi connectivity index (χ1) is 12.2. The van der Waals surface area contributed by atoms with Crippen LogP contribution in [0.15, 0.2) is 46.8 Å². The SMILES string of the molecule is CN=C(NCCc1csc(C)n1)NCc1ccc(N2CC=CC2)cc1. The van der Waals surface area contributed by atoms with E-state index in [0.717, 1.165) is 49.3 Å². The first-order valence-electron chi connectivity index (χ1n) is 8.59.